The maximum absolute atomic E-state index is 5.46. The quantitative estimate of drug-likeness (QED) is 0.538. The smallest absolute Gasteiger partial charge is 0.0506 e. The van der Waals surface area contributed by atoms with Crippen LogP contribution >= 0.6 is 0 Å². The Morgan fingerprint density at radius 1 is 1.40 bits per heavy atom. The molecule has 2 atom stereocenters. The average Bonchev–Trinajstić information content (AvgIpc) is 2.30. The third-order valence-electron chi connectivity index (χ3n) is 2.51. The summed E-state index contributed by atoms with van der Waals surface area (Å²) in [5.41, 5.74) is 0. The minimum atomic E-state index is 0.810. The SMILES string of the molecule is C1COCC2CNC(C1)C2. The summed E-state index contributed by atoms with van der Waals surface area (Å²) in [6, 6.07) is 0.814. The number of fused-ring (bicyclic) bond motifs is 2. The molecule has 2 aliphatic rings. The van der Waals surface area contributed by atoms with Crippen molar-refractivity contribution >= 4 is 0 Å². The Morgan fingerprint density at radius 3 is 3.40 bits per heavy atom. The van der Waals surface area contributed by atoms with E-state index in [9.17, 15) is 0 Å². The van der Waals surface area contributed by atoms with Crippen molar-refractivity contribution in [3.63, 3.8) is 0 Å². The van der Waals surface area contributed by atoms with Gasteiger partial charge in [0, 0.05) is 19.2 Å². The van der Waals surface area contributed by atoms with Crippen LogP contribution in [-0.4, -0.2) is 25.8 Å². The zero-order valence-electron chi connectivity index (χ0n) is 6.31. The first-order valence-corrected chi connectivity index (χ1v) is 4.26. The molecule has 2 unspecified atom stereocenters. The first kappa shape index (κ1) is 6.62. The van der Waals surface area contributed by atoms with Crippen LogP contribution in [0.3, 0.4) is 0 Å². The van der Waals surface area contributed by atoms with Gasteiger partial charge in [-0.25, -0.2) is 0 Å². The van der Waals surface area contributed by atoms with Crippen molar-refractivity contribution in [1.29, 1.82) is 0 Å². The van der Waals surface area contributed by atoms with Gasteiger partial charge < -0.3 is 10.1 Å². The largest absolute Gasteiger partial charge is 0.381 e. The van der Waals surface area contributed by atoms with E-state index in [0.717, 1.165) is 25.2 Å². The average molecular weight is 141 g/mol. The predicted octanol–water partition coefficient (Wildman–Crippen LogP) is 0.775. The second-order valence-corrected chi connectivity index (χ2v) is 3.42. The van der Waals surface area contributed by atoms with Crippen LogP contribution in [0.4, 0.5) is 0 Å². The molecule has 0 amide bonds. The van der Waals surface area contributed by atoms with Crippen LogP contribution in [0.1, 0.15) is 19.3 Å². The molecule has 2 heterocycles. The summed E-state index contributed by atoms with van der Waals surface area (Å²) in [6.07, 6.45) is 3.90. The molecule has 0 aromatic rings. The van der Waals surface area contributed by atoms with E-state index >= 15 is 0 Å². The van der Waals surface area contributed by atoms with Gasteiger partial charge >= 0.3 is 0 Å². The minimum Gasteiger partial charge on any atom is -0.381 e. The Hall–Kier alpha value is -0.0800. The highest BCUT2D eigenvalue weighted by molar-refractivity contribution is 4.82. The molecule has 0 aromatic carbocycles. The molecule has 2 fully saturated rings. The molecule has 2 aliphatic heterocycles. The second-order valence-electron chi connectivity index (χ2n) is 3.42. The van der Waals surface area contributed by atoms with Crippen molar-refractivity contribution in [2.75, 3.05) is 19.8 Å². The molecular weight excluding hydrogens is 126 g/mol. The fourth-order valence-electron chi connectivity index (χ4n) is 1.93. The molecule has 2 saturated heterocycles. The predicted molar refractivity (Wildman–Crippen MR) is 40.0 cm³/mol. The molecule has 0 aromatic heterocycles. The maximum atomic E-state index is 5.46. The van der Waals surface area contributed by atoms with E-state index in [0.29, 0.717) is 0 Å². The topological polar surface area (TPSA) is 21.3 Å². The zero-order valence-corrected chi connectivity index (χ0v) is 6.31. The Bertz CT molecular complexity index is 104. The summed E-state index contributed by atoms with van der Waals surface area (Å²) in [6.45, 7) is 3.16. The Morgan fingerprint density at radius 2 is 2.40 bits per heavy atom. The summed E-state index contributed by atoms with van der Waals surface area (Å²) >= 11 is 0. The van der Waals surface area contributed by atoms with E-state index in [2.05, 4.69) is 5.32 Å². The van der Waals surface area contributed by atoms with Gasteiger partial charge in [0.1, 0.15) is 0 Å². The lowest BCUT2D eigenvalue weighted by Gasteiger charge is -2.14. The minimum absolute atomic E-state index is 0.810. The molecule has 2 nitrogen and oxygen atoms in total. The molecule has 0 saturated carbocycles. The number of rotatable bonds is 0. The van der Waals surface area contributed by atoms with E-state index in [1.54, 1.807) is 0 Å². The van der Waals surface area contributed by atoms with E-state index in [1.165, 1.54) is 25.8 Å². The monoisotopic (exact) mass is 141 g/mol. The molecule has 1 N–H and O–H groups in total. The third-order valence-corrected chi connectivity index (χ3v) is 2.51. The van der Waals surface area contributed by atoms with Crippen molar-refractivity contribution in [2.45, 2.75) is 25.3 Å². The molecule has 0 radical (unpaired) electrons. The Kier molecular flexibility index (Phi) is 1.91. The number of ether oxygens (including phenoxy) is 1. The maximum Gasteiger partial charge on any atom is 0.0506 e. The first-order chi connectivity index (χ1) is 4.95. The lowest BCUT2D eigenvalue weighted by atomic mass is 10.0. The van der Waals surface area contributed by atoms with Gasteiger partial charge in [0.05, 0.1) is 6.61 Å². The molecule has 10 heavy (non-hydrogen) atoms. The standard InChI is InChI=1S/C8H15NO/c1-2-8-4-7(5-9-8)6-10-3-1/h7-9H,1-6H2. The molecular formula is C8H15NO. The molecule has 2 heteroatoms. The Balaban J connectivity index is 1.91. The van der Waals surface area contributed by atoms with Gasteiger partial charge in [-0.15, -0.1) is 0 Å². The van der Waals surface area contributed by atoms with Crippen LogP contribution in [-0.2, 0) is 4.74 Å². The van der Waals surface area contributed by atoms with E-state index < -0.39 is 0 Å². The zero-order chi connectivity index (χ0) is 6.81. The summed E-state index contributed by atoms with van der Waals surface area (Å²) in [5, 5.41) is 3.52. The summed E-state index contributed by atoms with van der Waals surface area (Å²) in [4.78, 5) is 0. The van der Waals surface area contributed by atoms with Crippen molar-refractivity contribution < 1.29 is 4.74 Å². The number of hydrogen-bond acceptors (Lipinski definition) is 2. The number of nitrogens with one attached hydrogen (secondary N) is 1. The molecule has 2 bridgehead atoms. The Labute approximate surface area is 61.9 Å². The molecule has 0 aliphatic carbocycles. The lowest BCUT2D eigenvalue weighted by molar-refractivity contribution is 0.0929. The van der Waals surface area contributed by atoms with E-state index in [4.69, 9.17) is 4.74 Å². The summed E-state index contributed by atoms with van der Waals surface area (Å²) < 4.78 is 5.46. The van der Waals surface area contributed by atoms with Gasteiger partial charge in [0.2, 0.25) is 0 Å². The second kappa shape index (κ2) is 2.89. The first-order valence-electron chi connectivity index (χ1n) is 4.26. The van der Waals surface area contributed by atoms with Crippen LogP contribution in [0.25, 0.3) is 0 Å². The highest BCUT2D eigenvalue weighted by atomic mass is 16.5. The lowest BCUT2D eigenvalue weighted by Crippen LogP contribution is -2.21. The van der Waals surface area contributed by atoms with Crippen molar-refractivity contribution in [3.8, 4) is 0 Å². The van der Waals surface area contributed by atoms with Crippen LogP contribution in [0, 0.1) is 5.92 Å². The molecule has 2 rings (SSSR count). The molecule has 58 valence electrons. The van der Waals surface area contributed by atoms with E-state index in [1.807, 2.05) is 0 Å². The van der Waals surface area contributed by atoms with Crippen LogP contribution in [0.2, 0.25) is 0 Å². The van der Waals surface area contributed by atoms with Gasteiger partial charge in [-0.3, -0.25) is 0 Å². The van der Waals surface area contributed by atoms with Crippen molar-refractivity contribution in [1.82, 2.24) is 5.32 Å². The fourth-order valence-corrected chi connectivity index (χ4v) is 1.93. The van der Waals surface area contributed by atoms with Gasteiger partial charge in [0.25, 0.3) is 0 Å². The third kappa shape index (κ3) is 1.32. The van der Waals surface area contributed by atoms with Crippen molar-refractivity contribution in [2.24, 2.45) is 5.92 Å². The van der Waals surface area contributed by atoms with Gasteiger partial charge in [-0.05, 0) is 25.2 Å². The normalized spacial score (nSPS) is 40.8. The van der Waals surface area contributed by atoms with Gasteiger partial charge in [-0.2, -0.15) is 0 Å². The van der Waals surface area contributed by atoms with Gasteiger partial charge in [0.15, 0.2) is 0 Å². The highest BCUT2D eigenvalue weighted by Crippen LogP contribution is 2.20. The fraction of sp³-hybridized carbons (Fsp3) is 1.00. The number of hydrogen-bond donors (Lipinski definition) is 1. The van der Waals surface area contributed by atoms with Crippen LogP contribution in [0.15, 0.2) is 0 Å². The highest BCUT2D eigenvalue weighted by Gasteiger charge is 2.24. The summed E-state index contributed by atoms with van der Waals surface area (Å²) in [5.74, 6) is 0.810. The van der Waals surface area contributed by atoms with Crippen LogP contribution < -0.4 is 5.32 Å². The van der Waals surface area contributed by atoms with Crippen molar-refractivity contribution in [3.05, 3.63) is 0 Å². The van der Waals surface area contributed by atoms with Gasteiger partial charge in [-0.1, -0.05) is 0 Å². The molecule has 0 spiro atoms. The van der Waals surface area contributed by atoms with Crippen LogP contribution in [0.5, 0.6) is 0 Å². The van der Waals surface area contributed by atoms with E-state index in [-0.39, 0.29) is 0 Å². The summed E-state index contributed by atoms with van der Waals surface area (Å²) in [7, 11) is 0.